The predicted molar refractivity (Wildman–Crippen MR) is 76.4 cm³/mol. The number of benzene rings is 1. The maximum absolute atomic E-state index is 12.7. The molecule has 0 bridgehead atoms. The van der Waals surface area contributed by atoms with Gasteiger partial charge in [-0.3, -0.25) is 9.59 Å². The molecule has 1 fully saturated rings. The standard InChI is InChI=1S/C15H17N3O2/c1-15(2)14(20)17-7-8-18(15)13(19)11-3-4-12-10(9-11)5-6-16-12/h3-6,9,16H,7-8H2,1-2H3,(H,17,20). The minimum absolute atomic E-state index is 0.104. The number of rotatable bonds is 1. The Morgan fingerprint density at radius 1 is 1.30 bits per heavy atom. The summed E-state index contributed by atoms with van der Waals surface area (Å²) in [6.45, 7) is 4.57. The molecule has 2 heterocycles. The van der Waals surface area contributed by atoms with Gasteiger partial charge in [0.15, 0.2) is 0 Å². The Balaban J connectivity index is 1.96. The van der Waals surface area contributed by atoms with Gasteiger partial charge in [-0.25, -0.2) is 0 Å². The molecule has 3 rings (SSSR count). The Labute approximate surface area is 117 Å². The molecule has 1 saturated heterocycles. The van der Waals surface area contributed by atoms with Gasteiger partial charge in [0.05, 0.1) is 0 Å². The van der Waals surface area contributed by atoms with Gasteiger partial charge in [-0.2, -0.15) is 0 Å². The van der Waals surface area contributed by atoms with Crippen molar-refractivity contribution in [2.24, 2.45) is 0 Å². The fourth-order valence-corrected chi connectivity index (χ4v) is 2.60. The van der Waals surface area contributed by atoms with Crippen LogP contribution in [0.15, 0.2) is 30.5 Å². The summed E-state index contributed by atoms with van der Waals surface area (Å²) in [7, 11) is 0. The van der Waals surface area contributed by atoms with E-state index < -0.39 is 5.54 Å². The number of fused-ring (bicyclic) bond motifs is 1. The summed E-state index contributed by atoms with van der Waals surface area (Å²) in [4.78, 5) is 29.3. The molecule has 5 heteroatoms. The van der Waals surface area contributed by atoms with Crippen molar-refractivity contribution in [3.05, 3.63) is 36.0 Å². The first-order valence-corrected chi connectivity index (χ1v) is 6.67. The second-order valence-corrected chi connectivity index (χ2v) is 5.55. The van der Waals surface area contributed by atoms with Crippen LogP contribution in [0.3, 0.4) is 0 Å². The van der Waals surface area contributed by atoms with Crippen LogP contribution in [0, 0.1) is 0 Å². The van der Waals surface area contributed by atoms with Crippen molar-refractivity contribution in [1.82, 2.24) is 15.2 Å². The number of hydrogen-bond donors (Lipinski definition) is 2. The molecule has 0 aliphatic carbocycles. The van der Waals surface area contributed by atoms with E-state index in [0.717, 1.165) is 10.9 Å². The largest absolute Gasteiger partial charge is 0.361 e. The van der Waals surface area contributed by atoms with Crippen LogP contribution in [0.2, 0.25) is 0 Å². The highest BCUT2D eigenvalue weighted by Gasteiger charge is 2.40. The van der Waals surface area contributed by atoms with Crippen molar-refractivity contribution in [3.8, 4) is 0 Å². The van der Waals surface area contributed by atoms with Gasteiger partial charge in [0, 0.05) is 35.8 Å². The smallest absolute Gasteiger partial charge is 0.254 e. The molecule has 0 saturated carbocycles. The van der Waals surface area contributed by atoms with Gasteiger partial charge in [-0.15, -0.1) is 0 Å². The summed E-state index contributed by atoms with van der Waals surface area (Å²) in [6, 6.07) is 7.47. The lowest BCUT2D eigenvalue weighted by atomic mass is 9.97. The molecule has 0 radical (unpaired) electrons. The third-order valence-corrected chi connectivity index (χ3v) is 3.90. The molecule has 5 nitrogen and oxygen atoms in total. The normalized spacial score (nSPS) is 18.1. The van der Waals surface area contributed by atoms with Gasteiger partial charge in [-0.05, 0) is 38.1 Å². The molecule has 2 aromatic rings. The topological polar surface area (TPSA) is 65.2 Å². The molecule has 0 spiro atoms. The van der Waals surface area contributed by atoms with Crippen LogP contribution in [0.1, 0.15) is 24.2 Å². The number of nitrogens with one attached hydrogen (secondary N) is 2. The number of nitrogens with zero attached hydrogens (tertiary/aromatic N) is 1. The van der Waals surface area contributed by atoms with Gasteiger partial charge in [0.1, 0.15) is 5.54 Å². The summed E-state index contributed by atoms with van der Waals surface area (Å²) >= 11 is 0. The summed E-state index contributed by atoms with van der Waals surface area (Å²) < 4.78 is 0. The third-order valence-electron chi connectivity index (χ3n) is 3.90. The minimum Gasteiger partial charge on any atom is -0.361 e. The van der Waals surface area contributed by atoms with E-state index >= 15 is 0 Å². The van der Waals surface area contributed by atoms with Crippen molar-refractivity contribution in [3.63, 3.8) is 0 Å². The molecule has 0 unspecified atom stereocenters. The number of carbonyl (C=O) groups is 2. The number of hydrogen-bond acceptors (Lipinski definition) is 2. The zero-order valence-electron chi connectivity index (χ0n) is 11.6. The quantitative estimate of drug-likeness (QED) is 0.826. The van der Waals surface area contributed by atoms with E-state index in [-0.39, 0.29) is 11.8 Å². The summed E-state index contributed by atoms with van der Waals surface area (Å²) in [6.07, 6.45) is 1.84. The fraction of sp³-hybridized carbons (Fsp3) is 0.333. The van der Waals surface area contributed by atoms with Crippen molar-refractivity contribution in [1.29, 1.82) is 0 Å². The molecule has 1 aromatic heterocycles. The maximum atomic E-state index is 12.7. The SMILES string of the molecule is CC1(C)C(=O)NCCN1C(=O)c1ccc2[nH]ccc2c1. The lowest BCUT2D eigenvalue weighted by molar-refractivity contribution is -0.133. The maximum Gasteiger partial charge on any atom is 0.254 e. The average Bonchev–Trinajstić information content (AvgIpc) is 2.88. The number of aromatic amines is 1. The van der Waals surface area contributed by atoms with Crippen LogP contribution < -0.4 is 5.32 Å². The average molecular weight is 271 g/mol. The van der Waals surface area contributed by atoms with Crippen LogP contribution in [-0.4, -0.2) is 40.3 Å². The highest BCUT2D eigenvalue weighted by Crippen LogP contribution is 2.22. The van der Waals surface area contributed by atoms with Crippen LogP contribution in [-0.2, 0) is 4.79 Å². The van der Waals surface area contributed by atoms with Crippen LogP contribution in [0.5, 0.6) is 0 Å². The second-order valence-electron chi connectivity index (χ2n) is 5.55. The molecule has 20 heavy (non-hydrogen) atoms. The molecular formula is C15H17N3O2. The van der Waals surface area contributed by atoms with E-state index in [9.17, 15) is 9.59 Å². The van der Waals surface area contributed by atoms with Gasteiger partial charge >= 0.3 is 0 Å². The van der Waals surface area contributed by atoms with Crippen LogP contribution in [0.25, 0.3) is 10.9 Å². The van der Waals surface area contributed by atoms with Crippen molar-refractivity contribution in [2.45, 2.75) is 19.4 Å². The first-order valence-electron chi connectivity index (χ1n) is 6.67. The first-order chi connectivity index (χ1) is 9.50. The fourth-order valence-electron chi connectivity index (χ4n) is 2.60. The molecular weight excluding hydrogens is 254 g/mol. The predicted octanol–water partition coefficient (Wildman–Crippen LogP) is 1.52. The Bertz CT molecular complexity index is 687. The minimum atomic E-state index is -0.817. The monoisotopic (exact) mass is 271 g/mol. The Kier molecular flexibility index (Phi) is 2.78. The number of piperazine rings is 1. The van der Waals surface area contributed by atoms with E-state index in [4.69, 9.17) is 0 Å². The van der Waals surface area contributed by atoms with Crippen molar-refractivity contribution < 1.29 is 9.59 Å². The molecule has 2 amide bonds. The highest BCUT2D eigenvalue weighted by molar-refractivity contribution is 6.01. The van der Waals surface area contributed by atoms with E-state index in [1.807, 2.05) is 24.4 Å². The molecule has 2 N–H and O–H groups in total. The van der Waals surface area contributed by atoms with E-state index in [2.05, 4.69) is 10.3 Å². The lowest BCUT2D eigenvalue weighted by Gasteiger charge is -2.41. The summed E-state index contributed by atoms with van der Waals surface area (Å²) in [5, 5.41) is 3.79. The van der Waals surface area contributed by atoms with E-state index in [1.54, 1.807) is 24.8 Å². The third kappa shape index (κ3) is 1.86. The second kappa shape index (κ2) is 4.37. The number of amides is 2. The molecule has 1 aromatic carbocycles. The van der Waals surface area contributed by atoms with Gasteiger partial charge in [-0.1, -0.05) is 0 Å². The number of aromatic nitrogens is 1. The highest BCUT2D eigenvalue weighted by atomic mass is 16.2. The van der Waals surface area contributed by atoms with Crippen molar-refractivity contribution >= 4 is 22.7 Å². The summed E-state index contributed by atoms with van der Waals surface area (Å²) in [5.41, 5.74) is 0.791. The van der Waals surface area contributed by atoms with Gasteiger partial charge in [0.2, 0.25) is 5.91 Å². The number of carbonyl (C=O) groups excluding carboxylic acids is 2. The molecule has 0 atom stereocenters. The Hall–Kier alpha value is -2.30. The zero-order chi connectivity index (χ0) is 14.3. The Morgan fingerprint density at radius 2 is 2.10 bits per heavy atom. The van der Waals surface area contributed by atoms with Gasteiger partial charge in [0.25, 0.3) is 5.91 Å². The van der Waals surface area contributed by atoms with Gasteiger partial charge < -0.3 is 15.2 Å². The molecule has 1 aliphatic rings. The van der Waals surface area contributed by atoms with E-state index in [0.29, 0.717) is 18.7 Å². The number of H-pyrrole nitrogens is 1. The lowest BCUT2D eigenvalue weighted by Crippen LogP contribution is -2.63. The molecule has 1 aliphatic heterocycles. The first kappa shape index (κ1) is 12.7. The molecule has 104 valence electrons. The van der Waals surface area contributed by atoms with Crippen LogP contribution in [0.4, 0.5) is 0 Å². The zero-order valence-corrected chi connectivity index (χ0v) is 11.6. The van der Waals surface area contributed by atoms with E-state index in [1.165, 1.54) is 0 Å². The summed E-state index contributed by atoms with van der Waals surface area (Å²) in [5.74, 6) is -0.215. The van der Waals surface area contributed by atoms with Crippen molar-refractivity contribution in [2.75, 3.05) is 13.1 Å². The Morgan fingerprint density at radius 3 is 2.90 bits per heavy atom. The van der Waals surface area contributed by atoms with Crippen LogP contribution >= 0.6 is 0 Å².